The van der Waals surface area contributed by atoms with Gasteiger partial charge in [0.05, 0.1) is 14.1 Å². The van der Waals surface area contributed by atoms with Gasteiger partial charge in [-0.25, -0.2) is 9.48 Å². The lowest BCUT2D eigenvalue weighted by Crippen LogP contribution is -2.20. The summed E-state index contributed by atoms with van der Waals surface area (Å²) in [5, 5.41) is 0. The van der Waals surface area contributed by atoms with E-state index in [2.05, 4.69) is 24.3 Å². The Labute approximate surface area is 73.8 Å². The first-order valence-corrected chi connectivity index (χ1v) is 3.90. The highest BCUT2D eigenvalue weighted by Crippen LogP contribution is 2.16. The van der Waals surface area contributed by atoms with Crippen molar-refractivity contribution in [1.82, 2.24) is 4.90 Å². The molecule has 0 amide bonds. The van der Waals surface area contributed by atoms with E-state index in [0.29, 0.717) is 6.04 Å². The molecular weight excluding hydrogens is 148 g/mol. The number of rotatable bonds is 3. The summed E-state index contributed by atoms with van der Waals surface area (Å²) in [5.74, 6) is 1.23. The summed E-state index contributed by atoms with van der Waals surface area (Å²) in [6, 6.07) is 0.381. The molecule has 0 aromatic carbocycles. The highest BCUT2D eigenvalue weighted by molar-refractivity contribution is 5.92. The Kier molecular flexibility index (Phi) is 2.18. The van der Waals surface area contributed by atoms with Crippen LogP contribution in [0.4, 0.5) is 0 Å². The molecule has 2 nitrogen and oxygen atoms in total. The molecule has 2 heteroatoms. The molecule has 0 spiro atoms. The van der Waals surface area contributed by atoms with Crippen molar-refractivity contribution in [3.63, 3.8) is 0 Å². The minimum Gasteiger partial charge on any atom is -0.246 e. The topological polar surface area (TPSA) is 6.25 Å². The van der Waals surface area contributed by atoms with Crippen LogP contribution in [-0.4, -0.2) is 35.4 Å². The molecule has 0 aromatic heterocycles. The van der Waals surface area contributed by atoms with Crippen molar-refractivity contribution in [2.24, 2.45) is 0 Å². The largest absolute Gasteiger partial charge is 0.302 e. The van der Waals surface area contributed by atoms with E-state index < -0.39 is 0 Å². The van der Waals surface area contributed by atoms with Crippen LogP contribution in [0.2, 0.25) is 0 Å². The summed E-state index contributed by atoms with van der Waals surface area (Å²) in [6.45, 7) is 11.3. The molecule has 1 heterocycles. The van der Waals surface area contributed by atoms with Gasteiger partial charge in [-0.05, 0) is 12.2 Å². The zero-order valence-electron chi connectivity index (χ0n) is 7.75. The quantitative estimate of drug-likeness (QED) is 0.344. The first-order chi connectivity index (χ1) is 5.63. The summed E-state index contributed by atoms with van der Waals surface area (Å²) in [5.41, 5.74) is 0.918. The lowest BCUT2D eigenvalue weighted by molar-refractivity contribution is -0.428. The van der Waals surface area contributed by atoms with Gasteiger partial charge in [-0.15, -0.1) is 0 Å². The van der Waals surface area contributed by atoms with E-state index in [4.69, 9.17) is 0 Å². The van der Waals surface area contributed by atoms with Gasteiger partial charge >= 0.3 is 5.84 Å². The Balaban J connectivity index is 2.68. The predicted octanol–water partition coefficient (Wildman–Crippen LogP) is 1.23. The molecule has 0 bridgehead atoms. The Morgan fingerprint density at radius 2 is 2.17 bits per heavy atom. The first kappa shape index (κ1) is 8.78. The van der Waals surface area contributed by atoms with Crippen molar-refractivity contribution in [1.29, 1.82) is 0 Å². The number of nitrogens with zero attached hydrogens (tertiary/aromatic N) is 2. The number of allylic oxidation sites excluding steroid dienone is 1. The average Bonchev–Trinajstić information content (AvgIpc) is 2.73. The van der Waals surface area contributed by atoms with E-state index in [0.717, 1.165) is 5.70 Å². The standard InChI is InChI=1S/C10H15N2/c1-6-8(3)11(4)10-9(7-2)12(10)5/h6-7,9H,1-3H2,4-5H3/q+1. The fourth-order valence-electron chi connectivity index (χ4n) is 1.28. The molecule has 1 atom stereocenters. The van der Waals surface area contributed by atoms with Gasteiger partial charge < -0.3 is 0 Å². The van der Waals surface area contributed by atoms with E-state index in [-0.39, 0.29) is 0 Å². The van der Waals surface area contributed by atoms with E-state index in [1.807, 2.05) is 25.1 Å². The average molecular weight is 163 g/mol. The SMILES string of the molecule is C=CC(=C)N(C)C1=[N+](C)C1C=C. The van der Waals surface area contributed by atoms with Crippen LogP contribution in [0.15, 0.2) is 37.6 Å². The molecule has 1 aliphatic heterocycles. The number of likely N-dealkylation sites (N-methyl/N-ethyl adjacent to an activating group) is 2. The summed E-state index contributed by atoms with van der Waals surface area (Å²) in [6.07, 6.45) is 3.67. The number of hydrogen-bond donors (Lipinski definition) is 0. The van der Waals surface area contributed by atoms with Crippen molar-refractivity contribution < 1.29 is 4.58 Å². The van der Waals surface area contributed by atoms with Crippen LogP contribution in [0.5, 0.6) is 0 Å². The van der Waals surface area contributed by atoms with Crippen LogP contribution in [0, 0.1) is 0 Å². The van der Waals surface area contributed by atoms with Gasteiger partial charge in [0.25, 0.3) is 0 Å². The van der Waals surface area contributed by atoms with E-state index in [1.54, 1.807) is 6.08 Å². The zero-order chi connectivity index (χ0) is 9.30. The van der Waals surface area contributed by atoms with Crippen molar-refractivity contribution in [3.05, 3.63) is 37.6 Å². The van der Waals surface area contributed by atoms with Crippen molar-refractivity contribution in [3.8, 4) is 0 Å². The van der Waals surface area contributed by atoms with Gasteiger partial charge in [0.1, 0.15) is 5.70 Å². The van der Waals surface area contributed by atoms with Gasteiger partial charge in [-0.2, -0.15) is 0 Å². The molecule has 1 unspecified atom stereocenters. The van der Waals surface area contributed by atoms with Crippen molar-refractivity contribution in [2.75, 3.05) is 14.1 Å². The molecule has 0 fully saturated rings. The van der Waals surface area contributed by atoms with Crippen LogP contribution in [0.3, 0.4) is 0 Å². The van der Waals surface area contributed by atoms with Gasteiger partial charge in [0, 0.05) is 0 Å². The van der Waals surface area contributed by atoms with E-state index in [1.165, 1.54) is 5.84 Å². The molecule has 64 valence electrons. The van der Waals surface area contributed by atoms with Gasteiger partial charge in [-0.1, -0.05) is 19.7 Å². The third kappa shape index (κ3) is 1.20. The van der Waals surface area contributed by atoms with Gasteiger partial charge in [0.2, 0.25) is 6.04 Å². The first-order valence-electron chi connectivity index (χ1n) is 3.90. The molecule has 12 heavy (non-hydrogen) atoms. The summed E-state index contributed by atoms with van der Waals surface area (Å²) in [7, 11) is 4.02. The Morgan fingerprint density at radius 1 is 1.58 bits per heavy atom. The fraction of sp³-hybridized carbons (Fsp3) is 0.300. The molecule has 0 aromatic rings. The second kappa shape index (κ2) is 2.97. The van der Waals surface area contributed by atoms with E-state index in [9.17, 15) is 0 Å². The molecule has 1 rings (SSSR count). The minimum absolute atomic E-state index is 0.381. The Bertz CT molecular complexity index is 274. The predicted molar refractivity (Wildman–Crippen MR) is 52.3 cm³/mol. The number of amidine groups is 1. The maximum atomic E-state index is 3.86. The van der Waals surface area contributed by atoms with Crippen LogP contribution >= 0.6 is 0 Å². The van der Waals surface area contributed by atoms with Crippen LogP contribution in [0.25, 0.3) is 0 Å². The maximum absolute atomic E-state index is 3.86. The molecule has 0 saturated carbocycles. The highest BCUT2D eigenvalue weighted by Gasteiger charge is 2.44. The zero-order valence-corrected chi connectivity index (χ0v) is 7.75. The van der Waals surface area contributed by atoms with Crippen molar-refractivity contribution in [2.45, 2.75) is 6.04 Å². The molecule has 0 aliphatic carbocycles. The second-order valence-corrected chi connectivity index (χ2v) is 2.90. The Morgan fingerprint density at radius 3 is 2.50 bits per heavy atom. The Hall–Kier alpha value is -1.31. The monoisotopic (exact) mass is 163 g/mol. The number of hydrogen-bond acceptors (Lipinski definition) is 1. The maximum Gasteiger partial charge on any atom is 0.302 e. The molecule has 0 radical (unpaired) electrons. The van der Waals surface area contributed by atoms with Gasteiger partial charge in [0.15, 0.2) is 0 Å². The van der Waals surface area contributed by atoms with Crippen molar-refractivity contribution >= 4 is 5.84 Å². The van der Waals surface area contributed by atoms with Crippen LogP contribution in [-0.2, 0) is 0 Å². The van der Waals surface area contributed by atoms with E-state index >= 15 is 0 Å². The second-order valence-electron chi connectivity index (χ2n) is 2.90. The summed E-state index contributed by atoms with van der Waals surface area (Å²) in [4.78, 5) is 2.03. The lowest BCUT2D eigenvalue weighted by atomic mass is 10.3. The molecule has 0 saturated heterocycles. The highest BCUT2D eigenvalue weighted by atomic mass is 15.3. The summed E-state index contributed by atoms with van der Waals surface area (Å²) < 4.78 is 2.14. The summed E-state index contributed by atoms with van der Waals surface area (Å²) >= 11 is 0. The molecule has 0 N–H and O–H groups in total. The third-order valence-corrected chi connectivity index (χ3v) is 2.21. The smallest absolute Gasteiger partial charge is 0.246 e. The normalized spacial score (nSPS) is 20.3. The molecule has 1 aliphatic rings. The third-order valence-electron chi connectivity index (χ3n) is 2.21. The van der Waals surface area contributed by atoms with Crippen LogP contribution in [0.1, 0.15) is 0 Å². The minimum atomic E-state index is 0.381. The fourth-order valence-corrected chi connectivity index (χ4v) is 1.28. The lowest BCUT2D eigenvalue weighted by Gasteiger charge is -2.03. The van der Waals surface area contributed by atoms with Crippen LogP contribution < -0.4 is 0 Å². The molecular formula is C10H15N2+. The van der Waals surface area contributed by atoms with Gasteiger partial charge in [-0.3, -0.25) is 0 Å².